The van der Waals surface area contributed by atoms with E-state index < -0.39 is 41.8 Å². The first-order valence-electron chi connectivity index (χ1n) is 13.7. The predicted octanol–water partition coefficient (Wildman–Crippen LogP) is 6.21. The molecule has 1 aliphatic carbocycles. The van der Waals surface area contributed by atoms with Crippen molar-refractivity contribution in [1.29, 1.82) is 0 Å². The summed E-state index contributed by atoms with van der Waals surface area (Å²) < 4.78 is 27.3. The molecule has 4 amide bonds. The van der Waals surface area contributed by atoms with Crippen LogP contribution < -0.4 is 5.32 Å². The molecule has 2 heterocycles. The van der Waals surface area contributed by atoms with E-state index in [2.05, 4.69) is 5.32 Å². The van der Waals surface area contributed by atoms with Gasteiger partial charge in [-0.05, 0) is 90.9 Å². The fourth-order valence-electron chi connectivity index (χ4n) is 5.99. The Kier molecular flexibility index (Phi) is 7.14. The Balaban J connectivity index is 1.32. The van der Waals surface area contributed by atoms with Gasteiger partial charge in [0.25, 0.3) is 11.8 Å². The van der Waals surface area contributed by atoms with Gasteiger partial charge in [-0.15, -0.1) is 0 Å². The Morgan fingerprint density at radius 2 is 1.67 bits per heavy atom. The molecule has 7 nitrogen and oxygen atoms in total. The Morgan fingerprint density at radius 3 is 2.33 bits per heavy atom. The second-order valence-electron chi connectivity index (χ2n) is 10.9. The minimum atomic E-state index is -1.37. The number of benzene rings is 3. The van der Waals surface area contributed by atoms with Gasteiger partial charge in [-0.1, -0.05) is 48.0 Å². The van der Waals surface area contributed by atoms with Gasteiger partial charge >= 0.3 is 6.03 Å². The summed E-state index contributed by atoms with van der Waals surface area (Å²) in [6.45, 7) is 1.06. The number of rotatable bonds is 5. The standard InChI is InChI=1S/C32H27ClF2N4O3/c1-32(22-9-11-23(33)12-10-22)30(41)38(31(42)36-32)18-27(40)39-29(20-7-15-25(35)16-8-20)26-4-2-3-21(28(26)37-39)17-19-5-13-24(34)14-6-19/h5-17,26,29H,2-4,18H2,1H3,(H,36,42)/b21-17+/t26-,29-,32+/m0/s1. The van der Waals surface area contributed by atoms with Crippen molar-refractivity contribution in [1.82, 2.24) is 15.2 Å². The van der Waals surface area contributed by atoms with Crippen molar-refractivity contribution in [2.24, 2.45) is 11.0 Å². The molecule has 1 saturated heterocycles. The van der Waals surface area contributed by atoms with Crippen LogP contribution >= 0.6 is 11.6 Å². The highest BCUT2D eigenvalue weighted by atomic mass is 35.5. The van der Waals surface area contributed by atoms with Crippen LogP contribution in [0.1, 0.15) is 48.9 Å². The lowest BCUT2D eigenvalue weighted by molar-refractivity contribution is -0.140. The molecule has 2 fully saturated rings. The second kappa shape index (κ2) is 10.8. The lowest BCUT2D eigenvalue weighted by Gasteiger charge is -2.30. The van der Waals surface area contributed by atoms with Gasteiger partial charge in [0.15, 0.2) is 0 Å². The Morgan fingerprint density at radius 1 is 1.02 bits per heavy atom. The van der Waals surface area contributed by atoms with E-state index in [1.165, 1.54) is 29.3 Å². The average molecular weight is 589 g/mol. The number of fused-ring (bicyclic) bond motifs is 1. The van der Waals surface area contributed by atoms with Crippen LogP contribution in [-0.2, 0) is 15.1 Å². The molecule has 1 saturated carbocycles. The van der Waals surface area contributed by atoms with E-state index >= 15 is 0 Å². The molecule has 2 aliphatic heterocycles. The number of imide groups is 1. The van der Waals surface area contributed by atoms with Crippen molar-refractivity contribution in [2.75, 3.05) is 6.54 Å². The summed E-state index contributed by atoms with van der Waals surface area (Å²) in [5.74, 6) is -2.03. The molecule has 0 spiro atoms. The summed E-state index contributed by atoms with van der Waals surface area (Å²) >= 11 is 6.00. The third kappa shape index (κ3) is 4.98. The summed E-state index contributed by atoms with van der Waals surface area (Å²) in [5.41, 5.74) is 2.31. The summed E-state index contributed by atoms with van der Waals surface area (Å²) in [7, 11) is 0. The van der Waals surface area contributed by atoms with Crippen molar-refractivity contribution in [2.45, 2.75) is 37.8 Å². The predicted molar refractivity (Wildman–Crippen MR) is 154 cm³/mol. The van der Waals surface area contributed by atoms with E-state index in [9.17, 15) is 23.2 Å². The molecule has 0 unspecified atom stereocenters. The van der Waals surface area contributed by atoms with E-state index in [-0.39, 0.29) is 11.7 Å². The van der Waals surface area contributed by atoms with Gasteiger partial charge in [0.2, 0.25) is 0 Å². The summed E-state index contributed by atoms with van der Waals surface area (Å²) in [6, 6.07) is 17.4. The maximum atomic E-state index is 13.9. The van der Waals surface area contributed by atoms with Crippen LogP contribution in [0.3, 0.4) is 0 Å². The number of nitrogens with one attached hydrogen (secondary N) is 1. The van der Waals surface area contributed by atoms with Gasteiger partial charge in [-0.3, -0.25) is 14.5 Å². The zero-order valence-corrected chi connectivity index (χ0v) is 23.4. The van der Waals surface area contributed by atoms with Crippen LogP contribution in [0.4, 0.5) is 13.6 Å². The van der Waals surface area contributed by atoms with Crippen molar-refractivity contribution >= 4 is 41.2 Å². The number of carbonyl (C=O) groups is 3. The highest BCUT2D eigenvalue weighted by Crippen LogP contribution is 2.44. The summed E-state index contributed by atoms with van der Waals surface area (Å²) in [4.78, 5) is 41.3. The van der Waals surface area contributed by atoms with Crippen molar-refractivity contribution < 1.29 is 23.2 Å². The smallest absolute Gasteiger partial charge is 0.319 e. The van der Waals surface area contributed by atoms with Gasteiger partial charge in [0, 0.05) is 10.9 Å². The van der Waals surface area contributed by atoms with E-state index in [0.717, 1.165) is 41.0 Å². The average Bonchev–Trinajstić information content (AvgIpc) is 3.47. The van der Waals surface area contributed by atoms with Crippen molar-refractivity contribution in [3.05, 3.63) is 112 Å². The third-order valence-electron chi connectivity index (χ3n) is 8.17. The largest absolute Gasteiger partial charge is 0.325 e. The lowest BCUT2D eigenvalue weighted by atomic mass is 9.77. The maximum absolute atomic E-state index is 13.9. The molecule has 0 aromatic heterocycles. The SMILES string of the molecule is C[C@]1(c2ccc(Cl)cc2)NC(=O)N(CC(=O)N2N=C3/C(=C/c4ccc(F)cc4)CCC[C@@H]3[C@@H]2c2ccc(F)cc2)C1=O. The third-order valence-corrected chi connectivity index (χ3v) is 8.42. The number of nitrogens with zero attached hydrogens (tertiary/aromatic N) is 3. The molecule has 1 N–H and O–H groups in total. The van der Waals surface area contributed by atoms with Gasteiger partial charge in [-0.2, -0.15) is 5.10 Å². The number of amides is 4. The van der Waals surface area contributed by atoms with Crippen LogP contribution in [0.25, 0.3) is 6.08 Å². The van der Waals surface area contributed by atoms with E-state index in [1.807, 2.05) is 6.08 Å². The number of hydrazone groups is 1. The number of hydrogen-bond acceptors (Lipinski definition) is 4. The van der Waals surface area contributed by atoms with Crippen LogP contribution in [0, 0.1) is 17.6 Å². The molecule has 0 bridgehead atoms. The number of hydrogen-bond donors (Lipinski definition) is 1. The van der Waals surface area contributed by atoms with Gasteiger partial charge in [-0.25, -0.2) is 18.6 Å². The van der Waals surface area contributed by atoms with E-state index in [0.29, 0.717) is 16.1 Å². The molecule has 3 aliphatic rings. The normalized spacial score (nSPS) is 24.6. The first-order valence-corrected chi connectivity index (χ1v) is 14.0. The highest BCUT2D eigenvalue weighted by molar-refractivity contribution is 6.30. The minimum Gasteiger partial charge on any atom is -0.319 e. The molecule has 214 valence electrons. The fraction of sp³-hybridized carbons (Fsp3) is 0.250. The van der Waals surface area contributed by atoms with Crippen LogP contribution in [0.2, 0.25) is 5.02 Å². The summed E-state index contributed by atoms with van der Waals surface area (Å²) in [5, 5.41) is 9.29. The summed E-state index contributed by atoms with van der Waals surface area (Å²) in [6.07, 6.45) is 4.23. The lowest BCUT2D eigenvalue weighted by Crippen LogP contribution is -2.44. The van der Waals surface area contributed by atoms with Gasteiger partial charge in [0.05, 0.1) is 11.8 Å². The molecule has 0 radical (unpaired) electrons. The zero-order valence-electron chi connectivity index (χ0n) is 22.7. The zero-order chi connectivity index (χ0) is 29.6. The molecular weight excluding hydrogens is 562 g/mol. The van der Waals surface area contributed by atoms with Gasteiger partial charge < -0.3 is 5.32 Å². The number of allylic oxidation sites excluding steroid dienone is 1. The van der Waals surface area contributed by atoms with E-state index in [4.69, 9.17) is 16.7 Å². The molecule has 3 atom stereocenters. The van der Waals surface area contributed by atoms with E-state index in [1.54, 1.807) is 55.5 Å². The van der Waals surface area contributed by atoms with Crippen LogP contribution in [0.5, 0.6) is 0 Å². The molecule has 10 heteroatoms. The van der Waals surface area contributed by atoms with Crippen molar-refractivity contribution in [3.63, 3.8) is 0 Å². The van der Waals surface area contributed by atoms with Gasteiger partial charge in [0.1, 0.15) is 23.7 Å². The number of halogens is 3. The second-order valence-corrected chi connectivity index (χ2v) is 11.3. The highest BCUT2D eigenvalue weighted by Gasteiger charge is 2.51. The molecule has 3 aromatic rings. The Hall–Kier alpha value is -4.37. The maximum Gasteiger partial charge on any atom is 0.325 e. The first-order chi connectivity index (χ1) is 20.1. The Labute approximate surface area is 246 Å². The number of urea groups is 1. The molecule has 42 heavy (non-hydrogen) atoms. The molecule has 6 rings (SSSR count). The first kappa shape index (κ1) is 27.8. The number of carbonyl (C=O) groups excluding carboxylic acids is 3. The monoisotopic (exact) mass is 588 g/mol. The molecule has 3 aromatic carbocycles. The molecular formula is C32H27ClF2N4O3. The fourth-order valence-corrected chi connectivity index (χ4v) is 6.11. The van der Waals surface area contributed by atoms with Crippen molar-refractivity contribution in [3.8, 4) is 0 Å². The quantitative estimate of drug-likeness (QED) is 0.360. The van der Waals surface area contributed by atoms with Crippen LogP contribution in [-0.4, -0.2) is 40.0 Å². The Bertz CT molecular complexity index is 1620. The topological polar surface area (TPSA) is 82.1 Å². The minimum absolute atomic E-state index is 0.178. The van der Waals surface area contributed by atoms with Crippen LogP contribution in [0.15, 0.2) is 83.5 Å².